The zero-order chi connectivity index (χ0) is 38.5. The van der Waals surface area contributed by atoms with Gasteiger partial charge in [-0.25, -0.2) is 0 Å². The van der Waals surface area contributed by atoms with Gasteiger partial charge in [-0.2, -0.15) is 0 Å². The van der Waals surface area contributed by atoms with E-state index in [4.69, 9.17) is 4.42 Å². The van der Waals surface area contributed by atoms with Gasteiger partial charge in [0.2, 0.25) is 0 Å². The number of fused-ring (bicyclic) bond motifs is 7. The number of para-hydroxylation sites is 5. The van der Waals surface area contributed by atoms with Crippen LogP contribution >= 0.6 is 0 Å². The van der Waals surface area contributed by atoms with Crippen LogP contribution in [0.25, 0.3) is 44.2 Å². The first-order chi connectivity index (χ1) is 27.8. The Kier molecular flexibility index (Phi) is 7.25. The van der Waals surface area contributed by atoms with Crippen LogP contribution in [0.5, 0.6) is 0 Å². The lowest BCUT2D eigenvalue weighted by Gasteiger charge is -2.43. The van der Waals surface area contributed by atoms with Crippen LogP contribution < -0.4 is 9.80 Å². The Morgan fingerprint density at radius 1 is 0.368 bits per heavy atom. The molecule has 0 saturated carbocycles. The summed E-state index contributed by atoms with van der Waals surface area (Å²) in [7, 11) is 0. The number of anilines is 6. The molecule has 0 fully saturated rings. The summed E-state index contributed by atoms with van der Waals surface area (Å²) in [5, 5.41) is 2.29. The van der Waals surface area contributed by atoms with Gasteiger partial charge >= 0.3 is 0 Å². The van der Waals surface area contributed by atoms with E-state index in [9.17, 15) is 0 Å². The Balaban J connectivity index is 1.02. The van der Waals surface area contributed by atoms with Crippen molar-refractivity contribution in [3.63, 3.8) is 0 Å². The lowest BCUT2D eigenvalue weighted by atomic mass is 9.71. The van der Waals surface area contributed by atoms with E-state index in [0.29, 0.717) is 0 Å². The van der Waals surface area contributed by atoms with E-state index in [2.05, 4.69) is 207 Å². The van der Waals surface area contributed by atoms with E-state index in [1.54, 1.807) is 0 Å². The standard InChI is InChI=1S/C54H42N2O/c1-53(2)43-20-9-11-22-47(43)55(38-15-6-5-7-16-38)49-31-27-36(33-45(49)53)37-28-32-50-46(34-37)54(3,4)44-21-10-12-23-48(44)56(50)39-29-25-35(26-30-39)40-18-14-19-42-41-17-8-13-24-51(41)57-52(40)42/h5-34H,1-4H3. The third-order valence-electron chi connectivity index (χ3n) is 12.6. The quantitative estimate of drug-likeness (QED) is 0.179. The number of hydrogen-bond donors (Lipinski definition) is 0. The van der Waals surface area contributed by atoms with Gasteiger partial charge in [0.15, 0.2) is 0 Å². The molecule has 0 N–H and O–H groups in total. The monoisotopic (exact) mass is 734 g/mol. The van der Waals surface area contributed by atoms with Gasteiger partial charge in [-0.3, -0.25) is 0 Å². The topological polar surface area (TPSA) is 19.6 Å². The van der Waals surface area contributed by atoms with Crippen LogP contribution in [0.2, 0.25) is 0 Å². The Hall–Kier alpha value is -6.84. The average Bonchev–Trinajstić information content (AvgIpc) is 3.64. The summed E-state index contributed by atoms with van der Waals surface area (Å²) >= 11 is 0. The average molecular weight is 735 g/mol. The maximum Gasteiger partial charge on any atom is 0.143 e. The third kappa shape index (κ3) is 4.98. The number of benzene rings is 8. The molecule has 3 heteroatoms. The van der Waals surface area contributed by atoms with Crippen molar-refractivity contribution >= 4 is 56.1 Å². The molecular weight excluding hydrogens is 693 g/mol. The first-order valence-corrected chi connectivity index (χ1v) is 19.9. The summed E-state index contributed by atoms with van der Waals surface area (Å²) in [6.07, 6.45) is 0. The Labute approximate surface area is 334 Å². The first kappa shape index (κ1) is 33.5. The number of hydrogen-bond acceptors (Lipinski definition) is 3. The number of furan rings is 1. The second-order valence-electron chi connectivity index (χ2n) is 16.6. The van der Waals surface area contributed by atoms with Crippen molar-refractivity contribution in [2.24, 2.45) is 0 Å². The lowest BCUT2D eigenvalue weighted by Crippen LogP contribution is -2.31. The van der Waals surface area contributed by atoms with E-state index < -0.39 is 0 Å². The largest absolute Gasteiger partial charge is 0.455 e. The summed E-state index contributed by atoms with van der Waals surface area (Å²) in [6.45, 7) is 9.47. The van der Waals surface area contributed by atoms with Crippen molar-refractivity contribution in [1.29, 1.82) is 0 Å². The zero-order valence-electron chi connectivity index (χ0n) is 32.6. The molecule has 0 atom stereocenters. The van der Waals surface area contributed by atoms with Crippen LogP contribution in [-0.2, 0) is 10.8 Å². The van der Waals surface area contributed by atoms with Gasteiger partial charge in [-0.1, -0.05) is 143 Å². The molecule has 0 aliphatic carbocycles. The molecule has 2 aliphatic rings. The molecule has 0 spiro atoms. The first-order valence-electron chi connectivity index (χ1n) is 19.9. The van der Waals surface area contributed by atoms with Gasteiger partial charge in [0, 0.05) is 38.5 Å². The minimum Gasteiger partial charge on any atom is -0.455 e. The van der Waals surface area contributed by atoms with Gasteiger partial charge in [0.1, 0.15) is 11.2 Å². The fourth-order valence-electron chi connectivity index (χ4n) is 9.66. The molecule has 0 unspecified atom stereocenters. The summed E-state index contributed by atoms with van der Waals surface area (Å²) in [5.74, 6) is 0. The Morgan fingerprint density at radius 3 is 1.46 bits per heavy atom. The highest BCUT2D eigenvalue weighted by Gasteiger charge is 2.39. The van der Waals surface area contributed by atoms with Gasteiger partial charge in [0.05, 0.1) is 22.7 Å². The molecule has 0 saturated heterocycles. The van der Waals surface area contributed by atoms with E-state index in [1.807, 2.05) is 12.1 Å². The molecule has 9 aromatic rings. The normalized spacial score (nSPS) is 14.9. The van der Waals surface area contributed by atoms with Crippen LogP contribution in [0.3, 0.4) is 0 Å². The van der Waals surface area contributed by atoms with Gasteiger partial charge in [0.25, 0.3) is 0 Å². The zero-order valence-corrected chi connectivity index (χ0v) is 32.6. The maximum absolute atomic E-state index is 6.42. The predicted octanol–water partition coefficient (Wildman–Crippen LogP) is 15.1. The molecule has 274 valence electrons. The van der Waals surface area contributed by atoms with E-state index in [0.717, 1.165) is 38.8 Å². The minimum atomic E-state index is -0.216. The van der Waals surface area contributed by atoms with Crippen molar-refractivity contribution in [2.45, 2.75) is 38.5 Å². The van der Waals surface area contributed by atoms with Crippen molar-refractivity contribution < 1.29 is 4.42 Å². The molecule has 0 radical (unpaired) electrons. The lowest BCUT2D eigenvalue weighted by molar-refractivity contribution is 0.631. The summed E-state index contributed by atoms with van der Waals surface area (Å²) in [4.78, 5) is 4.86. The molecule has 0 bridgehead atoms. The van der Waals surface area contributed by atoms with Crippen LogP contribution in [0.1, 0.15) is 49.9 Å². The van der Waals surface area contributed by atoms with Crippen LogP contribution in [0.15, 0.2) is 186 Å². The van der Waals surface area contributed by atoms with Crippen molar-refractivity contribution in [3.05, 3.63) is 204 Å². The number of nitrogens with zero attached hydrogens (tertiary/aromatic N) is 2. The molecule has 3 heterocycles. The smallest absolute Gasteiger partial charge is 0.143 e. The second kappa shape index (κ2) is 12.3. The second-order valence-corrected chi connectivity index (χ2v) is 16.6. The summed E-state index contributed by atoms with van der Waals surface area (Å²) < 4.78 is 6.42. The summed E-state index contributed by atoms with van der Waals surface area (Å²) in [6, 6.07) is 66.4. The highest BCUT2D eigenvalue weighted by Crippen LogP contribution is 2.55. The van der Waals surface area contributed by atoms with Crippen LogP contribution in [0, 0.1) is 0 Å². The Morgan fingerprint density at radius 2 is 0.842 bits per heavy atom. The van der Waals surface area contributed by atoms with Crippen LogP contribution in [0.4, 0.5) is 34.1 Å². The van der Waals surface area contributed by atoms with E-state index >= 15 is 0 Å². The van der Waals surface area contributed by atoms with Gasteiger partial charge in [-0.15, -0.1) is 0 Å². The van der Waals surface area contributed by atoms with Gasteiger partial charge in [-0.05, 0) is 106 Å². The molecule has 2 aliphatic heterocycles. The molecule has 11 rings (SSSR count). The molecule has 3 nitrogen and oxygen atoms in total. The highest BCUT2D eigenvalue weighted by atomic mass is 16.3. The Bertz CT molecular complexity index is 3020. The molecular formula is C54H42N2O. The van der Waals surface area contributed by atoms with E-state index in [-0.39, 0.29) is 10.8 Å². The van der Waals surface area contributed by atoms with Crippen LogP contribution in [-0.4, -0.2) is 0 Å². The van der Waals surface area contributed by atoms with Crippen molar-refractivity contribution in [3.8, 4) is 22.3 Å². The third-order valence-corrected chi connectivity index (χ3v) is 12.6. The molecule has 57 heavy (non-hydrogen) atoms. The minimum absolute atomic E-state index is 0.182. The highest BCUT2D eigenvalue weighted by molar-refractivity contribution is 6.09. The van der Waals surface area contributed by atoms with Gasteiger partial charge < -0.3 is 14.2 Å². The molecule has 1 aromatic heterocycles. The fourth-order valence-corrected chi connectivity index (χ4v) is 9.66. The maximum atomic E-state index is 6.42. The molecule has 0 amide bonds. The fraction of sp³-hybridized carbons (Fsp3) is 0.111. The summed E-state index contributed by atoms with van der Waals surface area (Å²) in [5.41, 5.74) is 18.6. The van der Waals surface area contributed by atoms with Crippen molar-refractivity contribution in [1.82, 2.24) is 0 Å². The predicted molar refractivity (Wildman–Crippen MR) is 238 cm³/mol. The van der Waals surface area contributed by atoms with Crippen molar-refractivity contribution in [2.75, 3.05) is 9.80 Å². The SMILES string of the molecule is CC1(C)c2ccccc2N(c2ccccc2)c2ccc(-c3ccc4c(c3)C(C)(C)c3ccccc3N4c3ccc(-c4cccc5c4oc4ccccc45)cc3)cc21. The van der Waals surface area contributed by atoms with E-state index in [1.165, 1.54) is 61.8 Å². The molecule has 8 aromatic carbocycles. The number of rotatable bonds is 4.